The Morgan fingerprint density at radius 1 is 1.30 bits per heavy atom. The SMILES string of the molecule is Cc1ccn(Cc2nc(-c3ccc(OCC(N)=O)cc3)no2)n1. The van der Waals surface area contributed by atoms with Crippen LogP contribution in [0.2, 0.25) is 0 Å². The van der Waals surface area contributed by atoms with Crippen molar-refractivity contribution in [1.82, 2.24) is 19.9 Å². The molecular formula is C15H15N5O3. The van der Waals surface area contributed by atoms with E-state index in [1.165, 1.54) is 0 Å². The molecule has 1 aromatic carbocycles. The molecule has 0 saturated carbocycles. The van der Waals surface area contributed by atoms with Gasteiger partial charge in [0.2, 0.25) is 11.7 Å². The van der Waals surface area contributed by atoms with Crippen molar-refractivity contribution >= 4 is 5.91 Å². The summed E-state index contributed by atoms with van der Waals surface area (Å²) in [7, 11) is 0. The van der Waals surface area contributed by atoms with Gasteiger partial charge in [0, 0.05) is 11.8 Å². The lowest BCUT2D eigenvalue weighted by Gasteiger charge is -2.03. The van der Waals surface area contributed by atoms with E-state index in [-0.39, 0.29) is 6.61 Å². The lowest BCUT2D eigenvalue weighted by molar-refractivity contribution is -0.119. The Balaban J connectivity index is 1.68. The number of amides is 1. The molecule has 0 saturated heterocycles. The first-order valence-electron chi connectivity index (χ1n) is 6.94. The summed E-state index contributed by atoms with van der Waals surface area (Å²) in [5.74, 6) is 0.969. The van der Waals surface area contributed by atoms with Crippen molar-refractivity contribution in [2.75, 3.05) is 6.61 Å². The Bertz CT molecular complexity index is 807. The second-order valence-electron chi connectivity index (χ2n) is 4.95. The van der Waals surface area contributed by atoms with Crippen LogP contribution in [0, 0.1) is 6.92 Å². The summed E-state index contributed by atoms with van der Waals surface area (Å²) in [5.41, 5.74) is 6.73. The lowest BCUT2D eigenvalue weighted by atomic mass is 10.2. The summed E-state index contributed by atoms with van der Waals surface area (Å²) in [6.07, 6.45) is 1.85. The zero-order chi connectivity index (χ0) is 16.2. The number of carbonyl (C=O) groups is 1. The molecule has 0 unspecified atom stereocenters. The number of benzene rings is 1. The van der Waals surface area contributed by atoms with Crippen molar-refractivity contribution in [3.8, 4) is 17.1 Å². The molecule has 0 fully saturated rings. The van der Waals surface area contributed by atoms with Gasteiger partial charge in [-0.3, -0.25) is 9.48 Å². The number of aryl methyl sites for hydroxylation is 1. The molecule has 3 rings (SSSR count). The number of hydrogen-bond acceptors (Lipinski definition) is 6. The van der Waals surface area contributed by atoms with Crippen molar-refractivity contribution in [3.63, 3.8) is 0 Å². The number of ether oxygens (including phenoxy) is 1. The summed E-state index contributed by atoms with van der Waals surface area (Å²) in [6.45, 7) is 2.17. The average Bonchev–Trinajstić information content (AvgIpc) is 3.15. The molecule has 0 aliphatic rings. The second kappa shape index (κ2) is 6.30. The minimum absolute atomic E-state index is 0.158. The molecule has 0 bridgehead atoms. The van der Waals surface area contributed by atoms with E-state index in [4.69, 9.17) is 15.0 Å². The fourth-order valence-corrected chi connectivity index (χ4v) is 1.98. The van der Waals surface area contributed by atoms with Gasteiger partial charge in [0.15, 0.2) is 6.61 Å². The lowest BCUT2D eigenvalue weighted by Crippen LogP contribution is -2.19. The van der Waals surface area contributed by atoms with E-state index < -0.39 is 5.91 Å². The molecule has 0 atom stereocenters. The van der Waals surface area contributed by atoms with Crippen LogP contribution in [0.25, 0.3) is 11.4 Å². The van der Waals surface area contributed by atoms with Gasteiger partial charge in [-0.15, -0.1) is 0 Å². The van der Waals surface area contributed by atoms with Gasteiger partial charge in [-0.1, -0.05) is 5.16 Å². The topological polar surface area (TPSA) is 109 Å². The van der Waals surface area contributed by atoms with Gasteiger partial charge in [-0.25, -0.2) is 0 Å². The zero-order valence-corrected chi connectivity index (χ0v) is 12.5. The first kappa shape index (κ1) is 14.8. The Morgan fingerprint density at radius 2 is 2.09 bits per heavy atom. The maximum Gasteiger partial charge on any atom is 0.255 e. The molecule has 0 aliphatic heterocycles. The van der Waals surface area contributed by atoms with Crippen molar-refractivity contribution in [2.45, 2.75) is 13.5 Å². The zero-order valence-electron chi connectivity index (χ0n) is 12.5. The van der Waals surface area contributed by atoms with Gasteiger partial charge in [0.1, 0.15) is 12.3 Å². The fourth-order valence-electron chi connectivity index (χ4n) is 1.98. The highest BCUT2D eigenvalue weighted by atomic mass is 16.5. The molecule has 23 heavy (non-hydrogen) atoms. The number of rotatable bonds is 6. The summed E-state index contributed by atoms with van der Waals surface area (Å²) in [6, 6.07) is 8.89. The van der Waals surface area contributed by atoms with E-state index in [1.807, 2.05) is 19.2 Å². The van der Waals surface area contributed by atoms with E-state index in [0.717, 1.165) is 11.3 Å². The van der Waals surface area contributed by atoms with Crippen LogP contribution < -0.4 is 10.5 Å². The largest absolute Gasteiger partial charge is 0.484 e. The van der Waals surface area contributed by atoms with Gasteiger partial charge in [0.05, 0.1) is 5.69 Å². The van der Waals surface area contributed by atoms with E-state index >= 15 is 0 Å². The third-order valence-corrected chi connectivity index (χ3v) is 3.03. The molecule has 118 valence electrons. The van der Waals surface area contributed by atoms with Gasteiger partial charge in [-0.2, -0.15) is 10.1 Å². The quantitative estimate of drug-likeness (QED) is 0.731. The van der Waals surface area contributed by atoms with E-state index in [9.17, 15) is 4.79 Å². The molecule has 2 heterocycles. The first-order chi connectivity index (χ1) is 11.1. The number of nitrogens with two attached hydrogens (primary N) is 1. The van der Waals surface area contributed by atoms with Gasteiger partial charge in [-0.05, 0) is 37.3 Å². The van der Waals surface area contributed by atoms with E-state index in [1.54, 1.807) is 28.9 Å². The highest BCUT2D eigenvalue weighted by molar-refractivity contribution is 5.75. The minimum atomic E-state index is -0.522. The van der Waals surface area contributed by atoms with Crippen molar-refractivity contribution < 1.29 is 14.1 Å². The van der Waals surface area contributed by atoms with Crippen LogP contribution in [-0.4, -0.2) is 32.4 Å². The summed E-state index contributed by atoms with van der Waals surface area (Å²) >= 11 is 0. The van der Waals surface area contributed by atoms with Crippen molar-refractivity contribution in [2.24, 2.45) is 5.73 Å². The molecule has 3 aromatic rings. The summed E-state index contributed by atoms with van der Waals surface area (Å²) in [5, 5.41) is 8.22. The predicted octanol–water partition coefficient (Wildman–Crippen LogP) is 1.15. The Morgan fingerprint density at radius 3 is 2.74 bits per heavy atom. The smallest absolute Gasteiger partial charge is 0.255 e. The molecule has 8 nitrogen and oxygen atoms in total. The average molecular weight is 313 g/mol. The molecule has 8 heteroatoms. The highest BCUT2D eigenvalue weighted by Gasteiger charge is 2.10. The first-order valence-corrected chi connectivity index (χ1v) is 6.94. The van der Waals surface area contributed by atoms with Crippen LogP contribution in [0.1, 0.15) is 11.6 Å². The van der Waals surface area contributed by atoms with Gasteiger partial charge < -0.3 is 15.0 Å². The van der Waals surface area contributed by atoms with Gasteiger partial charge in [0.25, 0.3) is 5.91 Å². The molecule has 2 aromatic heterocycles. The van der Waals surface area contributed by atoms with E-state index in [2.05, 4.69) is 15.2 Å². The minimum Gasteiger partial charge on any atom is -0.484 e. The van der Waals surface area contributed by atoms with Crippen LogP contribution in [-0.2, 0) is 11.3 Å². The standard InChI is InChI=1S/C15H15N5O3/c1-10-6-7-20(18-10)8-14-17-15(19-23-14)11-2-4-12(5-3-11)22-9-13(16)21/h2-7H,8-9H2,1H3,(H2,16,21). The Hall–Kier alpha value is -3.16. The molecular weight excluding hydrogens is 298 g/mol. The maximum atomic E-state index is 10.7. The van der Waals surface area contributed by atoms with Crippen LogP contribution in [0.15, 0.2) is 41.1 Å². The van der Waals surface area contributed by atoms with Crippen LogP contribution in [0.5, 0.6) is 5.75 Å². The van der Waals surface area contributed by atoms with Crippen molar-refractivity contribution in [1.29, 1.82) is 0 Å². The maximum absolute atomic E-state index is 10.7. The summed E-state index contributed by atoms with van der Waals surface area (Å²) < 4.78 is 12.2. The molecule has 0 spiro atoms. The number of nitrogens with zero attached hydrogens (tertiary/aromatic N) is 4. The summed E-state index contributed by atoms with van der Waals surface area (Å²) in [4.78, 5) is 15.0. The fraction of sp³-hybridized carbons (Fsp3) is 0.200. The Kier molecular flexibility index (Phi) is 4.05. The number of primary amides is 1. The monoisotopic (exact) mass is 313 g/mol. The predicted molar refractivity (Wildman–Crippen MR) is 80.5 cm³/mol. The van der Waals surface area contributed by atoms with Crippen LogP contribution >= 0.6 is 0 Å². The number of hydrogen-bond donors (Lipinski definition) is 1. The third-order valence-electron chi connectivity index (χ3n) is 3.03. The molecule has 1 amide bonds. The number of aromatic nitrogens is 4. The second-order valence-corrected chi connectivity index (χ2v) is 4.95. The third kappa shape index (κ3) is 3.73. The van der Waals surface area contributed by atoms with Crippen LogP contribution in [0.4, 0.5) is 0 Å². The molecule has 2 N–H and O–H groups in total. The van der Waals surface area contributed by atoms with Gasteiger partial charge >= 0.3 is 0 Å². The molecule has 0 aliphatic carbocycles. The highest BCUT2D eigenvalue weighted by Crippen LogP contribution is 2.20. The normalized spacial score (nSPS) is 10.7. The van der Waals surface area contributed by atoms with Crippen molar-refractivity contribution in [3.05, 3.63) is 48.1 Å². The molecule has 0 radical (unpaired) electrons. The number of carbonyl (C=O) groups excluding carboxylic acids is 1. The Labute approximate surface area is 131 Å². The van der Waals surface area contributed by atoms with Crippen LogP contribution in [0.3, 0.4) is 0 Å². The van der Waals surface area contributed by atoms with E-state index in [0.29, 0.717) is 24.0 Å².